The van der Waals surface area contributed by atoms with Gasteiger partial charge in [0.15, 0.2) is 0 Å². The first-order chi connectivity index (χ1) is 7.84. The summed E-state index contributed by atoms with van der Waals surface area (Å²) in [6.45, 7) is 7.13. The lowest BCUT2D eigenvalue weighted by Gasteiger charge is -2.43. The quantitative estimate of drug-likeness (QED) is 0.661. The van der Waals surface area contributed by atoms with E-state index in [1.807, 2.05) is 0 Å². The van der Waals surface area contributed by atoms with Crippen molar-refractivity contribution in [2.75, 3.05) is 39.3 Å². The summed E-state index contributed by atoms with van der Waals surface area (Å²) in [5, 5.41) is 3.38. The van der Waals surface area contributed by atoms with Crippen LogP contribution in [0.3, 0.4) is 0 Å². The number of rotatable bonds is 2. The van der Waals surface area contributed by atoms with Crippen molar-refractivity contribution in [2.45, 2.75) is 37.4 Å². The van der Waals surface area contributed by atoms with Crippen LogP contribution < -0.4 is 11.1 Å². The van der Waals surface area contributed by atoms with Crippen LogP contribution in [-0.2, 0) is 0 Å². The average molecular weight is 224 g/mol. The zero-order valence-corrected chi connectivity index (χ0v) is 10.1. The second kappa shape index (κ2) is 4.61. The van der Waals surface area contributed by atoms with Crippen molar-refractivity contribution in [3.63, 3.8) is 0 Å². The molecule has 2 atom stereocenters. The molecule has 1 saturated carbocycles. The molecule has 4 nitrogen and oxygen atoms in total. The molecule has 3 aliphatic rings. The molecule has 0 amide bonds. The fourth-order valence-corrected chi connectivity index (χ4v) is 3.20. The molecule has 0 radical (unpaired) electrons. The molecular formula is C12H24N4. The normalized spacial score (nSPS) is 38.8. The standard InChI is InChI=1S/C12H24N4/c13-11-9-14-4-3-12(11)16-7-5-15(6-8-16)10-1-2-10/h10-12,14H,1-9,13H2. The molecule has 4 heteroatoms. The van der Waals surface area contributed by atoms with Crippen LogP contribution in [0.2, 0.25) is 0 Å². The zero-order chi connectivity index (χ0) is 11.0. The van der Waals surface area contributed by atoms with Crippen LogP contribution in [-0.4, -0.2) is 67.2 Å². The summed E-state index contributed by atoms with van der Waals surface area (Å²) in [6.07, 6.45) is 4.10. The highest BCUT2D eigenvalue weighted by atomic mass is 15.3. The molecule has 3 N–H and O–H groups in total. The summed E-state index contributed by atoms with van der Waals surface area (Å²) in [6, 6.07) is 1.90. The average Bonchev–Trinajstić information content (AvgIpc) is 3.14. The Morgan fingerprint density at radius 1 is 0.938 bits per heavy atom. The van der Waals surface area contributed by atoms with Crippen molar-refractivity contribution in [2.24, 2.45) is 5.73 Å². The Balaban J connectivity index is 1.51. The van der Waals surface area contributed by atoms with Gasteiger partial charge in [0.1, 0.15) is 0 Å². The number of hydrogen-bond donors (Lipinski definition) is 2. The van der Waals surface area contributed by atoms with Crippen molar-refractivity contribution < 1.29 is 0 Å². The summed E-state index contributed by atoms with van der Waals surface area (Å²) in [5.74, 6) is 0. The minimum Gasteiger partial charge on any atom is -0.325 e. The Kier molecular flexibility index (Phi) is 3.16. The molecule has 2 heterocycles. The van der Waals surface area contributed by atoms with Crippen molar-refractivity contribution in [1.82, 2.24) is 15.1 Å². The Bertz CT molecular complexity index is 233. The zero-order valence-electron chi connectivity index (χ0n) is 10.1. The van der Waals surface area contributed by atoms with Crippen molar-refractivity contribution in [3.8, 4) is 0 Å². The Labute approximate surface area is 98.1 Å². The molecule has 3 fully saturated rings. The fourth-order valence-electron chi connectivity index (χ4n) is 3.20. The Morgan fingerprint density at radius 3 is 2.25 bits per heavy atom. The SMILES string of the molecule is NC1CNCCC1N1CCN(C2CC2)CC1. The van der Waals surface area contributed by atoms with E-state index in [-0.39, 0.29) is 0 Å². The van der Waals surface area contributed by atoms with Gasteiger partial charge in [-0.2, -0.15) is 0 Å². The first kappa shape index (κ1) is 11.0. The first-order valence-corrected chi connectivity index (χ1v) is 6.79. The second-order valence-corrected chi connectivity index (χ2v) is 5.53. The van der Waals surface area contributed by atoms with Gasteiger partial charge in [-0.3, -0.25) is 9.80 Å². The van der Waals surface area contributed by atoms with E-state index in [4.69, 9.17) is 5.73 Å². The van der Waals surface area contributed by atoms with Gasteiger partial charge in [0, 0.05) is 50.8 Å². The summed E-state index contributed by atoms with van der Waals surface area (Å²) in [5.41, 5.74) is 6.20. The molecular weight excluding hydrogens is 200 g/mol. The molecule has 2 aliphatic heterocycles. The maximum atomic E-state index is 6.20. The predicted molar refractivity (Wildman–Crippen MR) is 65.4 cm³/mol. The number of nitrogens with zero attached hydrogens (tertiary/aromatic N) is 2. The van der Waals surface area contributed by atoms with Crippen molar-refractivity contribution in [1.29, 1.82) is 0 Å². The summed E-state index contributed by atoms with van der Waals surface area (Å²) < 4.78 is 0. The van der Waals surface area contributed by atoms with Crippen molar-refractivity contribution in [3.05, 3.63) is 0 Å². The highest BCUT2D eigenvalue weighted by Crippen LogP contribution is 2.28. The molecule has 92 valence electrons. The molecule has 2 saturated heterocycles. The number of piperidine rings is 1. The van der Waals surface area contributed by atoms with E-state index in [2.05, 4.69) is 15.1 Å². The third-order valence-electron chi connectivity index (χ3n) is 4.37. The van der Waals surface area contributed by atoms with Gasteiger partial charge in [-0.1, -0.05) is 0 Å². The van der Waals surface area contributed by atoms with Crippen molar-refractivity contribution >= 4 is 0 Å². The number of piperazine rings is 1. The number of nitrogens with one attached hydrogen (secondary N) is 1. The van der Waals surface area contributed by atoms with E-state index in [9.17, 15) is 0 Å². The topological polar surface area (TPSA) is 44.5 Å². The highest BCUT2D eigenvalue weighted by molar-refractivity contribution is 4.93. The van der Waals surface area contributed by atoms with Gasteiger partial charge < -0.3 is 11.1 Å². The van der Waals surface area contributed by atoms with E-state index < -0.39 is 0 Å². The van der Waals surface area contributed by atoms with Gasteiger partial charge in [0.2, 0.25) is 0 Å². The minimum absolute atomic E-state index is 0.334. The largest absolute Gasteiger partial charge is 0.325 e. The van der Waals surface area contributed by atoms with Crippen LogP contribution in [0.25, 0.3) is 0 Å². The second-order valence-electron chi connectivity index (χ2n) is 5.53. The van der Waals surface area contributed by atoms with Gasteiger partial charge in [-0.05, 0) is 25.8 Å². The van der Waals surface area contributed by atoms with E-state index in [1.165, 1.54) is 45.4 Å². The molecule has 16 heavy (non-hydrogen) atoms. The number of hydrogen-bond acceptors (Lipinski definition) is 4. The van der Waals surface area contributed by atoms with E-state index in [0.29, 0.717) is 12.1 Å². The molecule has 3 rings (SSSR count). The molecule has 0 aromatic rings. The van der Waals surface area contributed by atoms with E-state index >= 15 is 0 Å². The molecule has 1 aliphatic carbocycles. The first-order valence-electron chi connectivity index (χ1n) is 6.79. The molecule has 0 spiro atoms. The monoisotopic (exact) mass is 224 g/mol. The fraction of sp³-hybridized carbons (Fsp3) is 1.00. The van der Waals surface area contributed by atoms with Crippen LogP contribution in [0.4, 0.5) is 0 Å². The third kappa shape index (κ3) is 2.25. The van der Waals surface area contributed by atoms with E-state index in [0.717, 1.165) is 19.1 Å². The maximum absolute atomic E-state index is 6.20. The lowest BCUT2D eigenvalue weighted by Crippen LogP contribution is -2.60. The lowest BCUT2D eigenvalue weighted by atomic mass is 9.99. The summed E-state index contributed by atoms with van der Waals surface area (Å²) in [4.78, 5) is 5.30. The van der Waals surface area contributed by atoms with Gasteiger partial charge in [-0.15, -0.1) is 0 Å². The molecule has 2 unspecified atom stereocenters. The molecule has 0 aromatic carbocycles. The molecule has 0 bridgehead atoms. The Hall–Kier alpha value is -0.160. The number of nitrogens with two attached hydrogens (primary N) is 1. The van der Waals surface area contributed by atoms with Gasteiger partial charge >= 0.3 is 0 Å². The smallest absolute Gasteiger partial charge is 0.0324 e. The predicted octanol–water partition coefficient (Wildman–Crippen LogP) is -0.544. The van der Waals surface area contributed by atoms with Crippen LogP contribution >= 0.6 is 0 Å². The van der Waals surface area contributed by atoms with Crippen LogP contribution in [0.5, 0.6) is 0 Å². The Morgan fingerprint density at radius 2 is 1.62 bits per heavy atom. The van der Waals surface area contributed by atoms with Crippen LogP contribution in [0, 0.1) is 0 Å². The highest BCUT2D eigenvalue weighted by Gasteiger charge is 2.34. The summed E-state index contributed by atoms with van der Waals surface area (Å²) in [7, 11) is 0. The van der Waals surface area contributed by atoms with Crippen LogP contribution in [0.15, 0.2) is 0 Å². The van der Waals surface area contributed by atoms with E-state index in [1.54, 1.807) is 0 Å². The summed E-state index contributed by atoms with van der Waals surface area (Å²) >= 11 is 0. The minimum atomic E-state index is 0.334. The lowest BCUT2D eigenvalue weighted by molar-refractivity contribution is 0.0696. The maximum Gasteiger partial charge on any atom is 0.0324 e. The van der Waals surface area contributed by atoms with Crippen LogP contribution in [0.1, 0.15) is 19.3 Å². The molecule has 0 aromatic heterocycles. The third-order valence-corrected chi connectivity index (χ3v) is 4.37. The van der Waals surface area contributed by atoms with Gasteiger partial charge in [0.25, 0.3) is 0 Å². The van der Waals surface area contributed by atoms with Gasteiger partial charge in [-0.25, -0.2) is 0 Å². The van der Waals surface area contributed by atoms with Gasteiger partial charge in [0.05, 0.1) is 0 Å².